The van der Waals surface area contributed by atoms with Gasteiger partial charge in [-0.25, -0.2) is 4.39 Å². The summed E-state index contributed by atoms with van der Waals surface area (Å²) >= 11 is 2.97. The average molecular weight is 274 g/mol. The fourth-order valence-electron chi connectivity index (χ4n) is 1.12. The Morgan fingerprint density at radius 1 is 1.47 bits per heavy atom. The van der Waals surface area contributed by atoms with Gasteiger partial charge in [-0.05, 0) is 33.6 Å². The van der Waals surface area contributed by atoms with Crippen LogP contribution in [0, 0.1) is 17.1 Å². The van der Waals surface area contributed by atoms with Crippen LogP contribution in [-0.4, -0.2) is 16.3 Å². The second-order valence-corrected chi connectivity index (χ2v) is 3.90. The summed E-state index contributed by atoms with van der Waals surface area (Å²) in [5.41, 5.74) is 0.367. The molecule has 0 aliphatic heterocycles. The zero-order chi connectivity index (χ0) is 11.4. The van der Waals surface area contributed by atoms with Gasteiger partial charge in [-0.3, -0.25) is 0 Å². The molecule has 0 saturated heterocycles. The molecule has 80 valence electrons. The van der Waals surface area contributed by atoms with Gasteiger partial charge in [-0.1, -0.05) is 6.07 Å². The van der Waals surface area contributed by atoms with E-state index >= 15 is 0 Å². The first-order valence-corrected chi connectivity index (χ1v) is 5.03. The van der Waals surface area contributed by atoms with E-state index in [4.69, 9.17) is 5.26 Å². The number of halogens is 2. The van der Waals surface area contributed by atoms with Gasteiger partial charge < -0.3 is 10.2 Å². The van der Waals surface area contributed by atoms with Gasteiger partial charge in [0.15, 0.2) is 0 Å². The summed E-state index contributed by atoms with van der Waals surface area (Å²) in [5.74, 6) is -0.444. The Balaban J connectivity index is 2.87. The zero-order valence-electron chi connectivity index (χ0n) is 7.69. The van der Waals surface area contributed by atoms with E-state index in [0.29, 0.717) is 5.56 Å². The number of rotatable bonds is 3. The van der Waals surface area contributed by atoms with Crippen molar-refractivity contribution in [1.82, 2.24) is 0 Å². The average Bonchev–Trinajstić information content (AvgIpc) is 2.21. The molecule has 0 amide bonds. The molecule has 0 fully saturated rings. The van der Waals surface area contributed by atoms with Crippen molar-refractivity contribution in [1.29, 1.82) is 5.26 Å². The van der Waals surface area contributed by atoms with Gasteiger partial charge in [0.2, 0.25) is 0 Å². The molecule has 0 aliphatic carbocycles. The smallest absolute Gasteiger partial charge is 0.137 e. The Labute approximate surface area is 94.9 Å². The third kappa shape index (κ3) is 2.99. The van der Waals surface area contributed by atoms with Gasteiger partial charge in [-0.15, -0.1) is 0 Å². The molecule has 1 rings (SSSR count). The van der Waals surface area contributed by atoms with E-state index < -0.39 is 18.0 Å². The van der Waals surface area contributed by atoms with E-state index in [9.17, 15) is 14.6 Å². The Hall–Kier alpha value is -0.960. The molecule has 0 heterocycles. The molecule has 2 atom stereocenters. The van der Waals surface area contributed by atoms with Gasteiger partial charge in [-0.2, -0.15) is 5.26 Å². The Morgan fingerprint density at radius 3 is 2.67 bits per heavy atom. The summed E-state index contributed by atoms with van der Waals surface area (Å²) in [6.45, 7) is 0. The molecule has 3 nitrogen and oxygen atoms in total. The number of hydrogen-bond acceptors (Lipinski definition) is 3. The number of benzene rings is 1. The third-order valence-corrected chi connectivity index (χ3v) is 2.56. The Bertz CT molecular complexity index is 391. The van der Waals surface area contributed by atoms with Crippen molar-refractivity contribution in [3.63, 3.8) is 0 Å². The van der Waals surface area contributed by atoms with Gasteiger partial charge in [0.1, 0.15) is 11.9 Å². The third-order valence-electron chi connectivity index (χ3n) is 1.95. The molecule has 0 aromatic heterocycles. The fourth-order valence-corrected chi connectivity index (χ4v) is 1.52. The molecule has 1 aromatic carbocycles. The minimum absolute atomic E-state index is 0.170. The first-order valence-electron chi connectivity index (χ1n) is 4.24. The van der Waals surface area contributed by atoms with Crippen molar-refractivity contribution in [2.24, 2.45) is 0 Å². The standard InChI is InChI=1S/C10H9BrFNO2/c11-7-5-6(1-2-8(7)12)10(15)9(14)3-4-13/h1-2,5,9-10,14-15H,3H2. The molecule has 0 aliphatic rings. The van der Waals surface area contributed by atoms with Gasteiger partial charge in [0, 0.05) is 0 Å². The zero-order valence-corrected chi connectivity index (χ0v) is 9.28. The molecule has 15 heavy (non-hydrogen) atoms. The fraction of sp³-hybridized carbons (Fsp3) is 0.300. The monoisotopic (exact) mass is 273 g/mol. The maximum Gasteiger partial charge on any atom is 0.137 e. The first-order chi connectivity index (χ1) is 7.06. The Kier molecular flexibility index (Phi) is 4.21. The van der Waals surface area contributed by atoms with Crippen molar-refractivity contribution in [3.05, 3.63) is 34.1 Å². The van der Waals surface area contributed by atoms with E-state index in [-0.39, 0.29) is 10.9 Å². The highest BCUT2D eigenvalue weighted by Crippen LogP contribution is 2.24. The van der Waals surface area contributed by atoms with Crippen molar-refractivity contribution < 1.29 is 14.6 Å². The van der Waals surface area contributed by atoms with E-state index in [0.717, 1.165) is 0 Å². The quantitative estimate of drug-likeness (QED) is 0.884. The van der Waals surface area contributed by atoms with E-state index in [1.807, 2.05) is 0 Å². The number of aliphatic hydroxyl groups excluding tert-OH is 2. The van der Waals surface area contributed by atoms with E-state index in [1.54, 1.807) is 6.07 Å². The van der Waals surface area contributed by atoms with Crippen molar-refractivity contribution >= 4 is 15.9 Å². The summed E-state index contributed by atoms with van der Waals surface area (Å²) < 4.78 is 13.1. The van der Waals surface area contributed by atoms with Crippen molar-refractivity contribution in [2.75, 3.05) is 0 Å². The van der Waals surface area contributed by atoms with Crippen LogP contribution in [0.5, 0.6) is 0 Å². The topological polar surface area (TPSA) is 64.2 Å². The number of nitrogens with zero attached hydrogens (tertiary/aromatic N) is 1. The largest absolute Gasteiger partial charge is 0.389 e. The van der Waals surface area contributed by atoms with Crippen molar-refractivity contribution in [2.45, 2.75) is 18.6 Å². The van der Waals surface area contributed by atoms with Gasteiger partial charge in [0.05, 0.1) is 23.1 Å². The highest BCUT2D eigenvalue weighted by molar-refractivity contribution is 9.10. The van der Waals surface area contributed by atoms with Crippen LogP contribution >= 0.6 is 15.9 Å². The van der Waals surface area contributed by atoms with Crippen LogP contribution < -0.4 is 0 Å². The molecular formula is C10H9BrFNO2. The number of hydrogen-bond donors (Lipinski definition) is 2. The van der Waals surface area contributed by atoms with E-state index in [1.165, 1.54) is 18.2 Å². The van der Waals surface area contributed by atoms with Crippen LogP contribution in [0.15, 0.2) is 22.7 Å². The predicted octanol–water partition coefficient (Wildman–Crippen LogP) is 1.90. The van der Waals surface area contributed by atoms with Crippen LogP contribution in [0.2, 0.25) is 0 Å². The van der Waals surface area contributed by atoms with Gasteiger partial charge >= 0.3 is 0 Å². The highest BCUT2D eigenvalue weighted by atomic mass is 79.9. The van der Waals surface area contributed by atoms with Crippen LogP contribution in [0.4, 0.5) is 4.39 Å². The lowest BCUT2D eigenvalue weighted by molar-refractivity contribution is 0.0215. The molecular weight excluding hydrogens is 265 g/mol. The lowest BCUT2D eigenvalue weighted by Gasteiger charge is -2.15. The molecule has 0 radical (unpaired) electrons. The Morgan fingerprint density at radius 2 is 2.13 bits per heavy atom. The predicted molar refractivity (Wildman–Crippen MR) is 55.3 cm³/mol. The SMILES string of the molecule is N#CCC(O)C(O)c1ccc(F)c(Br)c1. The second-order valence-electron chi connectivity index (χ2n) is 3.05. The van der Waals surface area contributed by atoms with Gasteiger partial charge in [0.25, 0.3) is 0 Å². The molecule has 2 N–H and O–H groups in total. The first kappa shape index (κ1) is 12.1. The lowest BCUT2D eigenvalue weighted by Crippen LogP contribution is -2.17. The number of aliphatic hydroxyl groups is 2. The lowest BCUT2D eigenvalue weighted by atomic mass is 10.0. The summed E-state index contributed by atoms with van der Waals surface area (Å²) in [7, 11) is 0. The maximum atomic E-state index is 12.9. The summed E-state index contributed by atoms with van der Waals surface area (Å²) in [6.07, 6.45) is -2.51. The minimum atomic E-state index is -1.18. The molecule has 0 saturated carbocycles. The van der Waals surface area contributed by atoms with Crippen LogP contribution in [0.1, 0.15) is 18.1 Å². The van der Waals surface area contributed by atoms with Crippen molar-refractivity contribution in [3.8, 4) is 6.07 Å². The molecule has 2 unspecified atom stereocenters. The molecule has 1 aromatic rings. The highest BCUT2D eigenvalue weighted by Gasteiger charge is 2.18. The maximum absolute atomic E-state index is 12.9. The summed E-state index contributed by atoms with van der Waals surface area (Å²) in [5, 5.41) is 27.3. The summed E-state index contributed by atoms with van der Waals surface area (Å²) in [6, 6.07) is 5.67. The minimum Gasteiger partial charge on any atom is -0.389 e. The van der Waals surface area contributed by atoms with E-state index in [2.05, 4.69) is 15.9 Å². The second kappa shape index (κ2) is 5.21. The number of nitriles is 1. The normalized spacial score (nSPS) is 14.3. The van der Waals surface area contributed by atoms with Crippen LogP contribution in [0.25, 0.3) is 0 Å². The van der Waals surface area contributed by atoms with Crippen LogP contribution in [-0.2, 0) is 0 Å². The summed E-state index contributed by atoms with van der Waals surface area (Å²) in [4.78, 5) is 0. The van der Waals surface area contributed by atoms with Crippen LogP contribution in [0.3, 0.4) is 0 Å². The molecule has 0 bridgehead atoms. The molecule has 0 spiro atoms. The molecule has 5 heteroatoms.